The number of nitrogens with zero attached hydrogens (tertiary/aromatic N) is 1. The summed E-state index contributed by atoms with van der Waals surface area (Å²) in [6.07, 6.45) is 1.74. The lowest BCUT2D eigenvalue weighted by Gasteiger charge is -2.09. The second-order valence-corrected chi connectivity index (χ2v) is 5.85. The van der Waals surface area contributed by atoms with Gasteiger partial charge in [-0.1, -0.05) is 26.0 Å². The standard InChI is InChI=1S/C15H17N3S2/c1-11(2)13-3-5-14(6-4-13)17-15(19)18-16-9-12-7-8-20-10-12/h3-11H,1-2H3,(H2,17,18,19)/b16-9-. The molecule has 0 saturated heterocycles. The maximum absolute atomic E-state index is 5.18. The molecule has 2 rings (SSSR count). The number of thiophene rings is 1. The molecule has 1 aromatic carbocycles. The molecule has 0 unspecified atom stereocenters. The zero-order valence-corrected chi connectivity index (χ0v) is 13.1. The van der Waals surface area contributed by atoms with Crippen molar-refractivity contribution in [2.24, 2.45) is 5.10 Å². The van der Waals surface area contributed by atoms with Gasteiger partial charge in [-0.2, -0.15) is 16.4 Å². The summed E-state index contributed by atoms with van der Waals surface area (Å²) < 4.78 is 0. The first-order valence-corrected chi connectivity index (χ1v) is 7.72. The van der Waals surface area contributed by atoms with Gasteiger partial charge in [0.1, 0.15) is 0 Å². The van der Waals surface area contributed by atoms with Crippen molar-refractivity contribution in [2.45, 2.75) is 19.8 Å². The van der Waals surface area contributed by atoms with Crippen LogP contribution in [-0.4, -0.2) is 11.3 Å². The minimum Gasteiger partial charge on any atom is -0.331 e. The highest BCUT2D eigenvalue weighted by Gasteiger charge is 2.00. The molecular weight excluding hydrogens is 286 g/mol. The van der Waals surface area contributed by atoms with Gasteiger partial charge in [0.2, 0.25) is 0 Å². The van der Waals surface area contributed by atoms with E-state index in [1.807, 2.05) is 29.0 Å². The summed E-state index contributed by atoms with van der Waals surface area (Å²) in [5, 5.41) is 11.7. The molecule has 0 fully saturated rings. The van der Waals surface area contributed by atoms with E-state index in [0.29, 0.717) is 11.0 Å². The molecule has 0 amide bonds. The van der Waals surface area contributed by atoms with Gasteiger partial charge < -0.3 is 5.32 Å². The molecule has 0 aliphatic heterocycles. The second kappa shape index (κ2) is 7.17. The lowest BCUT2D eigenvalue weighted by atomic mass is 10.0. The van der Waals surface area contributed by atoms with Crippen LogP contribution in [0.3, 0.4) is 0 Å². The molecule has 0 bridgehead atoms. The molecule has 2 aromatic rings. The Labute approximate surface area is 128 Å². The Morgan fingerprint density at radius 3 is 2.60 bits per heavy atom. The predicted molar refractivity (Wildman–Crippen MR) is 91.8 cm³/mol. The molecule has 104 valence electrons. The van der Waals surface area contributed by atoms with Crippen LogP contribution in [0.25, 0.3) is 0 Å². The normalized spacial score (nSPS) is 10.9. The van der Waals surface area contributed by atoms with E-state index in [1.165, 1.54) is 5.56 Å². The molecule has 5 heteroatoms. The fraction of sp³-hybridized carbons (Fsp3) is 0.200. The summed E-state index contributed by atoms with van der Waals surface area (Å²) in [6, 6.07) is 10.2. The van der Waals surface area contributed by atoms with Gasteiger partial charge in [-0.05, 0) is 52.7 Å². The quantitative estimate of drug-likeness (QED) is 0.505. The SMILES string of the molecule is CC(C)c1ccc(NC(=S)N/N=C\c2ccsc2)cc1. The number of nitrogens with one attached hydrogen (secondary N) is 2. The van der Waals surface area contributed by atoms with Crippen molar-refractivity contribution in [3.05, 3.63) is 52.2 Å². The predicted octanol–water partition coefficient (Wildman–Crippen LogP) is 4.19. The first-order chi connectivity index (χ1) is 9.65. The molecule has 0 radical (unpaired) electrons. The highest BCUT2D eigenvalue weighted by atomic mass is 32.1. The van der Waals surface area contributed by atoms with Gasteiger partial charge in [-0.25, -0.2) is 0 Å². The number of hydrogen-bond donors (Lipinski definition) is 2. The van der Waals surface area contributed by atoms with Crippen molar-refractivity contribution in [3.8, 4) is 0 Å². The van der Waals surface area contributed by atoms with Crippen LogP contribution in [0.15, 0.2) is 46.2 Å². The fourth-order valence-electron chi connectivity index (χ4n) is 1.62. The van der Waals surface area contributed by atoms with E-state index < -0.39 is 0 Å². The number of hydrogen-bond acceptors (Lipinski definition) is 3. The van der Waals surface area contributed by atoms with Crippen molar-refractivity contribution >= 4 is 40.6 Å². The number of rotatable bonds is 4. The van der Waals surface area contributed by atoms with Crippen LogP contribution in [-0.2, 0) is 0 Å². The third-order valence-corrected chi connectivity index (χ3v) is 3.65. The first-order valence-electron chi connectivity index (χ1n) is 6.37. The van der Waals surface area contributed by atoms with Crippen molar-refractivity contribution < 1.29 is 0 Å². The molecular formula is C15H17N3S2. The summed E-state index contributed by atoms with van der Waals surface area (Å²) in [4.78, 5) is 0. The highest BCUT2D eigenvalue weighted by molar-refractivity contribution is 7.80. The summed E-state index contributed by atoms with van der Waals surface area (Å²) in [5.74, 6) is 0.532. The van der Waals surface area contributed by atoms with Crippen LogP contribution in [0.4, 0.5) is 5.69 Å². The Bertz CT molecular complexity index is 572. The topological polar surface area (TPSA) is 36.4 Å². The summed E-state index contributed by atoms with van der Waals surface area (Å²) >= 11 is 6.82. The van der Waals surface area contributed by atoms with E-state index >= 15 is 0 Å². The van der Waals surface area contributed by atoms with Crippen LogP contribution >= 0.6 is 23.6 Å². The van der Waals surface area contributed by atoms with E-state index in [-0.39, 0.29) is 0 Å². The minimum absolute atomic E-state index is 0.480. The fourth-order valence-corrected chi connectivity index (χ4v) is 2.41. The third kappa shape index (κ3) is 4.43. The Morgan fingerprint density at radius 2 is 2.00 bits per heavy atom. The van der Waals surface area contributed by atoms with E-state index in [0.717, 1.165) is 11.3 Å². The van der Waals surface area contributed by atoms with Crippen LogP contribution in [0.2, 0.25) is 0 Å². The van der Waals surface area contributed by atoms with E-state index in [1.54, 1.807) is 17.6 Å². The Kier molecular flexibility index (Phi) is 5.26. The molecule has 2 N–H and O–H groups in total. The van der Waals surface area contributed by atoms with Gasteiger partial charge in [0.05, 0.1) is 6.21 Å². The Balaban J connectivity index is 1.85. The number of benzene rings is 1. The molecule has 0 aliphatic carbocycles. The zero-order chi connectivity index (χ0) is 14.4. The van der Waals surface area contributed by atoms with Crippen LogP contribution in [0.5, 0.6) is 0 Å². The second-order valence-electron chi connectivity index (χ2n) is 4.66. The Morgan fingerprint density at radius 1 is 1.25 bits per heavy atom. The summed E-state index contributed by atoms with van der Waals surface area (Å²) in [6.45, 7) is 4.35. The van der Waals surface area contributed by atoms with E-state index in [2.05, 4.69) is 41.8 Å². The summed E-state index contributed by atoms with van der Waals surface area (Å²) in [5.41, 5.74) is 6.13. The molecule has 3 nitrogen and oxygen atoms in total. The molecule has 0 saturated carbocycles. The monoisotopic (exact) mass is 303 g/mol. The molecule has 0 aliphatic rings. The molecule has 20 heavy (non-hydrogen) atoms. The Hall–Kier alpha value is -1.72. The largest absolute Gasteiger partial charge is 0.331 e. The van der Waals surface area contributed by atoms with Gasteiger partial charge in [0, 0.05) is 11.3 Å². The average molecular weight is 303 g/mol. The molecule has 1 heterocycles. The van der Waals surface area contributed by atoms with Crippen molar-refractivity contribution in [1.29, 1.82) is 0 Å². The lowest BCUT2D eigenvalue weighted by molar-refractivity contribution is 0.867. The first kappa shape index (κ1) is 14.7. The van der Waals surface area contributed by atoms with Crippen LogP contribution < -0.4 is 10.7 Å². The number of hydrazone groups is 1. The van der Waals surface area contributed by atoms with Gasteiger partial charge in [0.15, 0.2) is 5.11 Å². The number of anilines is 1. The average Bonchev–Trinajstić information content (AvgIpc) is 2.92. The van der Waals surface area contributed by atoms with Gasteiger partial charge >= 0.3 is 0 Å². The van der Waals surface area contributed by atoms with Gasteiger partial charge in [0.25, 0.3) is 0 Å². The van der Waals surface area contributed by atoms with Crippen LogP contribution in [0, 0.1) is 0 Å². The smallest absolute Gasteiger partial charge is 0.191 e. The molecule has 0 spiro atoms. The maximum Gasteiger partial charge on any atom is 0.191 e. The van der Waals surface area contributed by atoms with Crippen LogP contribution in [0.1, 0.15) is 30.9 Å². The van der Waals surface area contributed by atoms with Crippen molar-refractivity contribution in [1.82, 2.24) is 5.43 Å². The van der Waals surface area contributed by atoms with Crippen molar-refractivity contribution in [2.75, 3.05) is 5.32 Å². The molecule has 1 aromatic heterocycles. The maximum atomic E-state index is 5.18. The lowest BCUT2D eigenvalue weighted by Crippen LogP contribution is -2.23. The summed E-state index contributed by atoms with van der Waals surface area (Å²) in [7, 11) is 0. The molecule has 0 atom stereocenters. The third-order valence-electron chi connectivity index (χ3n) is 2.76. The van der Waals surface area contributed by atoms with Gasteiger partial charge in [-0.15, -0.1) is 0 Å². The highest BCUT2D eigenvalue weighted by Crippen LogP contribution is 2.16. The van der Waals surface area contributed by atoms with E-state index in [9.17, 15) is 0 Å². The van der Waals surface area contributed by atoms with Gasteiger partial charge in [-0.3, -0.25) is 5.43 Å². The zero-order valence-electron chi connectivity index (χ0n) is 11.5. The van der Waals surface area contributed by atoms with Crippen molar-refractivity contribution in [3.63, 3.8) is 0 Å². The minimum atomic E-state index is 0.480. The van der Waals surface area contributed by atoms with E-state index in [4.69, 9.17) is 12.2 Å². The number of thiocarbonyl (C=S) groups is 1.